The van der Waals surface area contributed by atoms with E-state index in [2.05, 4.69) is 0 Å². The van der Waals surface area contributed by atoms with Crippen molar-refractivity contribution in [2.24, 2.45) is 0 Å². The summed E-state index contributed by atoms with van der Waals surface area (Å²) in [6, 6.07) is 8.66. The van der Waals surface area contributed by atoms with E-state index in [1.807, 2.05) is 42.7 Å². The number of amides is 1. The first kappa shape index (κ1) is 18.8. The van der Waals surface area contributed by atoms with Gasteiger partial charge in [0.05, 0.1) is 16.9 Å². The Bertz CT molecular complexity index is 686. The predicted octanol–water partition coefficient (Wildman–Crippen LogP) is 2.32. The van der Waals surface area contributed by atoms with Gasteiger partial charge in [-0.3, -0.25) is 9.69 Å². The van der Waals surface area contributed by atoms with E-state index in [-0.39, 0.29) is 10.2 Å². The third-order valence-corrected chi connectivity index (χ3v) is 5.33. The van der Waals surface area contributed by atoms with Crippen LogP contribution in [0.3, 0.4) is 0 Å². The van der Waals surface area contributed by atoms with E-state index in [9.17, 15) is 14.7 Å². The minimum Gasteiger partial charge on any atom is -0.548 e. The standard InChI is InChI=1S/C17H17NO3S3/c1-23-11-10-13(16(20)21)18-15(19)14(24-17(18)22)9-5-8-12-6-3-2-4-7-12/h2-9,13H,10-11H2,1H3,(H,20,21)/p-1/b8-5+,14-9+/t13-/m1/s1. The molecule has 1 saturated heterocycles. The first-order valence-corrected chi connectivity index (χ1v) is 9.85. The Hall–Kier alpha value is -1.57. The van der Waals surface area contributed by atoms with E-state index < -0.39 is 12.0 Å². The van der Waals surface area contributed by atoms with Crippen LogP contribution in [0.4, 0.5) is 0 Å². The van der Waals surface area contributed by atoms with Crippen molar-refractivity contribution in [1.82, 2.24) is 4.90 Å². The molecule has 1 heterocycles. The van der Waals surface area contributed by atoms with Crippen molar-refractivity contribution in [2.75, 3.05) is 12.0 Å². The minimum absolute atomic E-state index is 0.259. The smallest absolute Gasteiger partial charge is 0.266 e. The van der Waals surface area contributed by atoms with Gasteiger partial charge in [-0.2, -0.15) is 11.8 Å². The summed E-state index contributed by atoms with van der Waals surface area (Å²) >= 11 is 7.82. The summed E-state index contributed by atoms with van der Waals surface area (Å²) < 4.78 is 0.259. The molecule has 1 fully saturated rings. The maximum atomic E-state index is 12.5. The number of carboxylic acids is 1. The number of rotatable bonds is 7. The van der Waals surface area contributed by atoms with Crippen LogP contribution in [0.2, 0.25) is 0 Å². The Labute approximate surface area is 155 Å². The average Bonchev–Trinajstić information content (AvgIpc) is 2.84. The van der Waals surface area contributed by atoms with Gasteiger partial charge in [0.25, 0.3) is 5.91 Å². The summed E-state index contributed by atoms with van der Waals surface area (Å²) in [6.07, 6.45) is 7.48. The maximum absolute atomic E-state index is 12.5. The summed E-state index contributed by atoms with van der Waals surface area (Å²) in [5.74, 6) is -1.04. The molecule has 1 aromatic carbocycles. The fourth-order valence-electron chi connectivity index (χ4n) is 2.16. The Balaban J connectivity index is 2.13. The Morgan fingerprint density at radius 1 is 1.42 bits per heavy atom. The molecule has 0 aliphatic carbocycles. The van der Waals surface area contributed by atoms with Crippen molar-refractivity contribution >= 4 is 58.0 Å². The van der Waals surface area contributed by atoms with Gasteiger partial charge in [-0.1, -0.05) is 66.5 Å². The number of carbonyl (C=O) groups is 2. The maximum Gasteiger partial charge on any atom is 0.266 e. The van der Waals surface area contributed by atoms with E-state index in [4.69, 9.17) is 12.2 Å². The summed E-state index contributed by atoms with van der Waals surface area (Å²) in [6.45, 7) is 0. The largest absolute Gasteiger partial charge is 0.548 e. The molecule has 0 radical (unpaired) electrons. The van der Waals surface area contributed by atoms with Crippen molar-refractivity contribution in [3.63, 3.8) is 0 Å². The summed E-state index contributed by atoms with van der Waals surface area (Å²) in [4.78, 5) is 25.4. The number of carbonyl (C=O) groups excluding carboxylic acids is 2. The number of thiocarbonyl (C=S) groups is 1. The zero-order chi connectivity index (χ0) is 17.5. The van der Waals surface area contributed by atoms with Gasteiger partial charge < -0.3 is 9.90 Å². The van der Waals surface area contributed by atoms with E-state index in [1.54, 1.807) is 12.2 Å². The van der Waals surface area contributed by atoms with Crippen LogP contribution in [0, 0.1) is 0 Å². The van der Waals surface area contributed by atoms with E-state index in [1.165, 1.54) is 11.8 Å². The monoisotopic (exact) mass is 378 g/mol. The highest BCUT2D eigenvalue weighted by molar-refractivity contribution is 8.26. The molecule has 1 aromatic rings. The second-order valence-electron chi connectivity index (χ2n) is 4.96. The number of benzene rings is 1. The van der Waals surface area contributed by atoms with Crippen LogP contribution in [0.1, 0.15) is 12.0 Å². The molecule has 2 rings (SSSR count). The number of hydrogen-bond acceptors (Lipinski definition) is 6. The first-order valence-electron chi connectivity index (χ1n) is 7.23. The van der Waals surface area contributed by atoms with Crippen LogP contribution in [0.5, 0.6) is 0 Å². The molecule has 0 saturated carbocycles. The Morgan fingerprint density at radius 2 is 2.12 bits per heavy atom. The SMILES string of the molecule is CSCC[C@H](C(=O)[O-])N1C(=O)/C(=C\C=C\c2ccccc2)SC1=S. The van der Waals surface area contributed by atoms with Crippen molar-refractivity contribution in [3.8, 4) is 0 Å². The van der Waals surface area contributed by atoms with E-state index in [0.717, 1.165) is 22.2 Å². The molecule has 0 bridgehead atoms. The summed E-state index contributed by atoms with van der Waals surface area (Å²) in [5, 5.41) is 11.4. The molecule has 7 heteroatoms. The van der Waals surface area contributed by atoms with Crippen LogP contribution >= 0.6 is 35.7 Å². The summed E-state index contributed by atoms with van der Waals surface area (Å²) in [5.41, 5.74) is 1.01. The average molecular weight is 379 g/mol. The lowest BCUT2D eigenvalue weighted by atomic mass is 10.2. The molecular formula is C17H16NO3S3-. The molecule has 0 aromatic heterocycles. The zero-order valence-corrected chi connectivity index (χ0v) is 15.5. The number of allylic oxidation sites excluding steroid dienone is 2. The van der Waals surface area contributed by atoms with Crippen LogP contribution in [-0.2, 0) is 9.59 Å². The van der Waals surface area contributed by atoms with Crippen LogP contribution in [0.25, 0.3) is 6.08 Å². The van der Waals surface area contributed by atoms with Crippen LogP contribution < -0.4 is 5.11 Å². The molecule has 0 N–H and O–H groups in total. The fraction of sp³-hybridized carbons (Fsp3) is 0.235. The molecule has 0 unspecified atom stereocenters. The highest BCUT2D eigenvalue weighted by atomic mass is 32.2. The van der Waals surface area contributed by atoms with E-state index in [0.29, 0.717) is 17.1 Å². The summed E-state index contributed by atoms with van der Waals surface area (Å²) in [7, 11) is 0. The topological polar surface area (TPSA) is 60.4 Å². The first-order chi connectivity index (χ1) is 11.5. The van der Waals surface area contributed by atoms with Gasteiger partial charge in [0.15, 0.2) is 0 Å². The molecule has 0 spiro atoms. The molecule has 1 aliphatic rings. The highest BCUT2D eigenvalue weighted by Gasteiger charge is 2.37. The molecule has 126 valence electrons. The van der Waals surface area contributed by atoms with E-state index >= 15 is 0 Å². The lowest BCUT2D eigenvalue weighted by Gasteiger charge is -2.27. The van der Waals surface area contributed by atoms with Crippen LogP contribution in [0.15, 0.2) is 47.4 Å². The van der Waals surface area contributed by atoms with Gasteiger partial charge in [-0.05, 0) is 30.1 Å². The van der Waals surface area contributed by atoms with Gasteiger partial charge in [0.1, 0.15) is 4.32 Å². The molecule has 1 amide bonds. The quantitative estimate of drug-likeness (QED) is 0.536. The molecule has 4 nitrogen and oxygen atoms in total. The zero-order valence-electron chi connectivity index (χ0n) is 13.0. The molecule has 1 aliphatic heterocycles. The number of nitrogens with zero attached hydrogens (tertiary/aromatic N) is 1. The van der Waals surface area contributed by atoms with Gasteiger partial charge in [0.2, 0.25) is 0 Å². The third-order valence-electron chi connectivity index (χ3n) is 3.34. The van der Waals surface area contributed by atoms with Gasteiger partial charge in [0, 0.05) is 0 Å². The Morgan fingerprint density at radius 3 is 2.75 bits per heavy atom. The van der Waals surface area contributed by atoms with Gasteiger partial charge in [-0.15, -0.1) is 0 Å². The van der Waals surface area contributed by atoms with Gasteiger partial charge >= 0.3 is 0 Å². The van der Waals surface area contributed by atoms with Crippen molar-refractivity contribution in [3.05, 3.63) is 53.0 Å². The van der Waals surface area contributed by atoms with Crippen molar-refractivity contribution in [1.29, 1.82) is 0 Å². The van der Waals surface area contributed by atoms with Gasteiger partial charge in [-0.25, -0.2) is 0 Å². The van der Waals surface area contributed by atoms with Crippen LogP contribution in [-0.4, -0.2) is 39.1 Å². The second-order valence-corrected chi connectivity index (χ2v) is 7.62. The number of aliphatic carboxylic acids is 1. The van der Waals surface area contributed by atoms with Crippen molar-refractivity contribution in [2.45, 2.75) is 12.5 Å². The number of hydrogen-bond donors (Lipinski definition) is 0. The lowest BCUT2D eigenvalue weighted by molar-refractivity contribution is -0.310. The lowest BCUT2D eigenvalue weighted by Crippen LogP contribution is -2.50. The fourth-order valence-corrected chi connectivity index (χ4v) is 3.92. The van der Waals surface area contributed by atoms with Crippen molar-refractivity contribution < 1.29 is 14.7 Å². The second kappa shape index (κ2) is 9.05. The minimum atomic E-state index is -1.28. The normalized spacial score (nSPS) is 17.9. The molecule has 24 heavy (non-hydrogen) atoms. The third kappa shape index (κ3) is 4.72. The number of thioether (sulfide) groups is 2. The highest BCUT2D eigenvalue weighted by Crippen LogP contribution is 2.33. The molecular weight excluding hydrogens is 362 g/mol. The molecule has 1 atom stereocenters. The predicted molar refractivity (Wildman–Crippen MR) is 102 cm³/mol. The Kier molecular flexibility index (Phi) is 7.08. The number of carboxylic acid groups (broad SMARTS) is 1.